The summed E-state index contributed by atoms with van der Waals surface area (Å²) in [6.45, 7) is 2.65. The Balaban J connectivity index is 1.39. The van der Waals surface area contributed by atoms with Crippen LogP contribution >= 0.6 is 0 Å². The second-order valence-corrected chi connectivity index (χ2v) is 11.8. The van der Waals surface area contributed by atoms with Gasteiger partial charge in [0.2, 0.25) is 26.0 Å². The number of nitrogens with one attached hydrogen (secondary N) is 1. The third-order valence-electron chi connectivity index (χ3n) is 5.62. The van der Waals surface area contributed by atoms with E-state index in [4.69, 9.17) is 9.47 Å². The first-order valence-electron chi connectivity index (χ1n) is 11.1. The summed E-state index contributed by atoms with van der Waals surface area (Å²) in [5, 5.41) is 2.66. The van der Waals surface area contributed by atoms with Crippen LogP contribution < -0.4 is 5.32 Å². The van der Waals surface area contributed by atoms with E-state index >= 15 is 0 Å². The van der Waals surface area contributed by atoms with Crippen LogP contribution in [0.4, 0.5) is 5.69 Å². The fraction of sp³-hybridized carbons (Fsp3) is 0.348. The maximum atomic E-state index is 12.8. The van der Waals surface area contributed by atoms with Crippen molar-refractivity contribution in [3.63, 3.8) is 0 Å². The number of benzene rings is 2. The summed E-state index contributed by atoms with van der Waals surface area (Å²) in [6.07, 6.45) is 2.85. The summed E-state index contributed by atoms with van der Waals surface area (Å²) in [5.41, 5.74) is 0.991. The van der Waals surface area contributed by atoms with Crippen LogP contribution in [-0.4, -0.2) is 84.0 Å². The summed E-state index contributed by atoms with van der Waals surface area (Å²) >= 11 is 0. The van der Waals surface area contributed by atoms with Crippen LogP contribution in [0.25, 0.3) is 6.08 Å². The molecule has 2 heterocycles. The molecule has 0 bridgehead atoms. The van der Waals surface area contributed by atoms with Gasteiger partial charge in [-0.3, -0.25) is 4.79 Å². The fourth-order valence-corrected chi connectivity index (χ4v) is 6.58. The topological polar surface area (TPSA) is 122 Å². The van der Waals surface area contributed by atoms with Crippen molar-refractivity contribution in [2.75, 3.05) is 57.9 Å². The van der Waals surface area contributed by atoms with Crippen molar-refractivity contribution in [3.8, 4) is 0 Å². The number of carbonyl (C=O) groups is 1. The highest BCUT2D eigenvalue weighted by atomic mass is 32.2. The number of hydrogen-bond donors (Lipinski definition) is 1. The average Bonchev–Trinajstić information content (AvgIpc) is 2.89. The van der Waals surface area contributed by atoms with Crippen molar-refractivity contribution < 1.29 is 31.1 Å². The van der Waals surface area contributed by atoms with Gasteiger partial charge in [-0.15, -0.1) is 0 Å². The monoisotopic (exact) mass is 521 g/mol. The van der Waals surface area contributed by atoms with E-state index in [-0.39, 0.29) is 22.9 Å². The first kappa shape index (κ1) is 25.5. The number of amides is 1. The number of nitrogens with zero attached hydrogens (tertiary/aromatic N) is 2. The van der Waals surface area contributed by atoms with Gasteiger partial charge in [-0.25, -0.2) is 16.8 Å². The Labute approximate surface area is 205 Å². The number of rotatable bonds is 7. The van der Waals surface area contributed by atoms with Crippen molar-refractivity contribution in [2.45, 2.75) is 9.79 Å². The predicted octanol–water partition coefficient (Wildman–Crippen LogP) is 1.38. The smallest absolute Gasteiger partial charge is 0.248 e. The second-order valence-electron chi connectivity index (χ2n) is 7.95. The normalized spacial score (nSPS) is 18.5. The first-order valence-corrected chi connectivity index (χ1v) is 14.0. The molecule has 0 saturated carbocycles. The minimum absolute atomic E-state index is 0.0956. The lowest BCUT2D eigenvalue weighted by Gasteiger charge is -2.26. The molecule has 0 unspecified atom stereocenters. The highest BCUT2D eigenvalue weighted by Crippen LogP contribution is 2.21. The summed E-state index contributed by atoms with van der Waals surface area (Å²) in [4.78, 5) is 12.7. The van der Waals surface area contributed by atoms with Gasteiger partial charge in [0.25, 0.3) is 0 Å². The SMILES string of the molecule is O=C(C=Cc1ccc(S(=O)(=O)N2CCOCC2)cc1)Nc1cccc(S(=O)(=O)N2CCOCC2)c1. The molecule has 0 spiro atoms. The Morgan fingerprint density at radius 2 is 1.31 bits per heavy atom. The maximum Gasteiger partial charge on any atom is 0.248 e. The summed E-state index contributed by atoms with van der Waals surface area (Å²) in [7, 11) is -7.26. The Hall–Kier alpha value is -2.61. The van der Waals surface area contributed by atoms with Crippen molar-refractivity contribution in [1.29, 1.82) is 0 Å². The molecule has 2 fully saturated rings. The van der Waals surface area contributed by atoms with Gasteiger partial charge in [0.1, 0.15) is 0 Å². The summed E-state index contributed by atoms with van der Waals surface area (Å²) in [6, 6.07) is 12.3. The third-order valence-corrected chi connectivity index (χ3v) is 9.43. The first-order chi connectivity index (χ1) is 16.8. The number of carbonyl (C=O) groups excluding carboxylic acids is 1. The van der Waals surface area contributed by atoms with Gasteiger partial charge in [-0.1, -0.05) is 18.2 Å². The molecule has 2 aliphatic heterocycles. The molecule has 0 aromatic heterocycles. The molecule has 10 nitrogen and oxygen atoms in total. The van der Waals surface area contributed by atoms with Crippen LogP contribution in [0.5, 0.6) is 0 Å². The number of ether oxygens (including phenoxy) is 2. The molecular weight excluding hydrogens is 494 g/mol. The Morgan fingerprint density at radius 3 is 1.89 bits per heavy atom. The Morgan fingerprint density at radius 1 is 0.771 bits per heavy atom. The Kier molecular flexibility index (Phi) is 7.99. The standard InChI is InChI=1S/C23H27N3O7S2/c27-23(24-20-2-1-3-22(18-20)35(30,31)26-12-16-33-17-13-26)9-6-19-4-7-21(8-5-19)34(28,29)25-10-14-32-15-11-25/h1-9,18H,10-17H2,(H,24,27). The average molecular weight is 522 g/mol. The largest absolute Gasteiger partial charge is 0.379 e. The summed E-state index contributed by atoms with van der Waals surface area (Å²) < 4.78 is 64.2. The molecule has 1 amide bonds. The van der Waals surface area contributed by atoms with Crippen LogP contribution in [-0.2, 0) is 34.3 Å². The lowest BCUT2D eigenvalue weighted by Crippen LogP contribution is -2.40. The van der Waals surface area contributed by atoms with Gasteiger partial charge in [0.15, 0.2) is 0 Å². The second kappa shape index (κ2) is 11.0. The highest BCUT2D eigenvalue weighted by molar-refractivity contribution is 7.89. The van der Waals surface area contributed by atoms with E-state index in [9.17, 15) is 21.6 Å². The van der Waals surface area contributed by atoms with E-state index in [0.717, 1.165) is 0 Å². The van der Waals surface area contributed by atoms with Crippen LogP contribution in [0.15, 0.2) is 64.4 Å². The molecule has 4 rings (SSSR count). The number of morpholine rings is 2. The van der Waals surface area contributed by atoms with Crippen LogP contribution in [0, 0.1) is 0 Å². The molecule has 2 saturated heterocycles. The highest BCUT2D eigenvalue weighted by Gasteiger charge is 2.27. The fourth-order valence-electron chi connectivity index (χ4n) is 3.71. The quantitative estimate of drug-likeness (QED) is 0.546. The minimum atomic E-state index is -3.68. The van der Waals surface area contributed by atoms with Gasteiger partial charge in [-0.2, -0.15) is 8.61 Å². The van der Waals surface area contributed by atoms with E-state index in [1.54, 1.807) is 30.3 Å². The van der Waals surface area contributed by atoms with Gasteiger partial charge in [0, 0.05) is 37.9 Å². The van der Waals surface area contributed by atoms with Gasteiger partial charge in [-0.05, 0) is 42.0 Å². The third kappa shape index (κ3) is 6.15. The molecule has 0 atom stereocenters. The summed E-state index contributed by atoms with van der Waals surface area (Å²) in [5.74, 6) is -0.448. The van der Waals surface area contributed by atoms with Gasteiger partial charge < -0.3 is 14.8 Å². The Bertz CT molecular complexity index is 1280. The molecule has 1 N–H and O–H groups in total. The lowest BCUT2D eigenvalue weighted by molar-refractivity contribution is -0.111. The van der Waals surface area contributed by atoms with E-state index < -0.39 is 26.0 Å². The zero-order valence-electron chi connectivity index (χ0n) is 19.0. The molecular formula is C23H27N3O7S2. The molecule has 2 aromatic carbocycles. The van der Waals surface area contributed by atoms with E-state index in [0.29, 0.717) is 50.8 Å². The van der Waals surface area contributed by atoms with Gasteiger partial charge >= 0.3 is 0 Å². The zero-order chi connectivity index (χ0) is 24.9. The van der Waals surface area contributed by atoms with E-state index in [2.05, 4.69) is 5.32 Å². The van der Waals surface area contributed by atoms with Crippen molar-refractivity contribution >= 4 is 37.7 Å². The van der Waals surface area contributed by atoms with Crippen molar-refractivity contribution in [2.24, 2.45) is 0 Å². The molecule has 0 aliphatic carbocycles. The zero-order valence-corrected chi connectivity index (χ0v) is 20.6. The molecule has 0 radical (unpaired) electrons. The molecule has 188 valence electrons. The molecule has 35 heavy (non-hydrogen) atoms. The van der Waals surface area contributed by atoms with E-state index in [1.807, 2.05) is 0 Å². The molecule has 2 aliphatic rings. The maximum absolute atomic E-state index is 12.8. The minimum Gasteiger partial charge on any atom is -0.379 e. The number of hydrogen-bond acceptors (Lipinski definition) is 7. The van der Waals surface area contributed by atoms with Crippen LogP contribution in [0.3, 0.4) is 0 Å². The molecule has 12 heteroatoms. The van der Waals surface area contributed by atoms with E-state index in [1.165, 1.54) is 39.0 Å². The van der Waals surface area contributed by atoms with Crippen LogP contribution in [0.1, 0.15) is 5.56 Å². The number of anilines is 1. The van der Waals surface area contributed by atoms with Crippen molar-refractivity contribution in [1.82, 2.24) is 8.61 Å². The van der Waals surface area contributed by atoms with Crippen LogP contribution in [0.2, 0.25) is 0 Å². The predicted molar refractivity (Wildman–Crippen MR) is 130 cm³/mol. The van der Waals surface area contributed by atoms with Crippen molar-refractivity contribution in [3.05, 3.63) is 60.2 Å². The molecule has 2 aromatic rings. The number of sulfonamides is 2. The lowest BCUT2D eigenvalue weighted by atomic mass is 10.2. The van der Waals surface area contributed by atoms with Gasteiger partial charge in [0.05, 0.1) is 36.2 Å².